The zero-order valence-electron chi connectivity index (χ0n) is 12.2. The van der Waals surface area contributed by atoms with E-state index < -0.39 is 0 Å². The molecule has 112 valence electrons. The summed E-state index contributed by atoms with van der Waals surface area (Å²) in [6, 6.07) is 8.90. The summed E-state index contributed by atoms with van der Waals surface area (Å²) in [6.07, 6.45) is 4.23. The minimum absolute atomic E-state index is 0.156. The summed E-state index contributed by atoms with van der Waals surface area (Å²) in [6.45, 7) is 1.55. The number of hydrogen-bond donors (Lipinski definition) is 2. The first kappa shape index (κ1) is 15.3. The van der Waals surface area contributed by atoms with Crippen LogP contribution >= 0.6 is 0 Å². The molecule has 2 rings (SSSR count). The van der Waals surface area contributed by atoms with Crippen LogP contribution in [0, 0.1) is 0 Å². The molecule has 1 aromatic carbocycles. The van der Waals surface area contributed by atoms with Crippen LogP contribution in [0.15, 0.2) is 24.3 Å². The van der Waals surface area contributed by atoms with Gasteiger partial charge in [-0.2, -0.15) is 0 Å². The molecule has 20 heavy (non-hydrogen) atoms. The maximum atomic E-state index is 9.29. The number of ether oxygens (including phenoxy) is 2. The van der Waals surface area contributed by atoms with E-state index in [9.17, 15) is 5.11 Å². The molecular weight excluding hydrogens is 254 g/mol. The molecule has 0 bridgehead atoms. The van der Waals surface area contributed by atoms with E-state index >= 15 is 0 Å². The van der Waals surface area contributed by atoms with Crippen molar-refractivity contribution in [3.63, 3.8) is 0 Å². The number of nitrogens with one attached hydrogen (secondary N) is 1. The molecule has 0 radical (unpaired) electrons. The van der Waals surface area contributed by atoms with Crippen molar-refractivity contribution in [2.24, 2.45) is 0 Å². The van der Waals surface area contributed by atoms with Gasteiger partial charge in [-0.25, -0.2) is 0 Å². The molecule has 0 heterocycles. The Morgan fingerprint density at radius 2 is 2.00 bits per heavy atom. The first-order valence-corrected chi connectivity index (χ1v) is 7.39. The number of aliphatic hydroxyl groups is 1. The molecule has 1 aliphatic rings. The fourth-order valence-electron chi connectivity index (χ4n) is 2.10. The highest BCUT2D eigenvalue weighted by Crippen LogP contribution is 2.20. The molecule has 0 aromatic heterocycles. The highest BCUT2D eigenvalue weighted by molar-refractivity contribution is 5.27. The van der Waals surface area contributed by atoms with Gasteiger partial charge in [0, 0.05) is 19.2 Å². The predicted molar refractivity (Wildman–Crippen MR) is 79.2 cm³/mol. The fraction of sp³-hybridized carbons (Fsp3) is 0.625. The van der Waals surface area contributed by atoms with Crippen LogP contribution in [0.1, 0.15) is 24.8 Å². The van der Waals surface area contributed by atoms with Gasteiger partial charge in [-0.1, -0.05) is 12.1 Å². The molecule has 2 N–H and O–H groups in total. The Hall–Kier alpha value is -1.10. The van der Waals surface area contributed by atoms with E-state index in [-0.39, 0.29) is 12.6 Å². The molecular formula is C16H25NO3. The first-order valence-electron chi connectivity index (χ1n) is 7.39. The summed E-state index contributed by atoms with van der Waals surface area (Å²) in [5, 5.41) is 12.7. The summed E-state index contributed by atoms with van der Waals surface area (Å²) in [7, 11) is 1.71. The molecule has 1 fully saturated rings. The van der Waals surface area contributed by atoms with Crippen LogP contribution < -0.4 is 10.1 Å². The topological polar surface area (TPSA) is 50.7 Å². The quantitative estimate of drug-likeness (QED) is 0.685. The number of aliphatic hydroxyl groups excluding tert-OH is 1. The van der Waals surface area contributed by atoms with E-state index in [1.807, 2.05) is 12.1 Å². The normalized spacial score (nSPS) is 16.1. The largest absolute Gasteiger partial charge is 0.494 e. The minimum Gasteiger partial charge on any atom is -0.494 e. The van der Waals surface area contributed by atoms with Crippen molar-refractivity contribution in [2.75, 3.05) is 26.9 Å². The average Bonchev–Trinajstić information content (AvgIpc) is 3.29. The van der Waals surface area contributed by atoms with Gasteiger partial charge in [0.1, 0.15) is 5.75 Å². The van der Waals surface area contributed by atoms with Gasteiger partial charge < -0.3 is 19.9 Å². The van der Waals surface area contributed by atoms with Crippen LogP contribution in [0.3, 0.4) is 0 Å². The Morgan fingerprint density at radius 1 is 1.25 bits per heavy atom. The molecule has 1 saturated carbocycles. The van der Waals surface area contributed by atoms with Crippen LogP contribution in [0.25, 0.3) is 0 Å². The summed E-state index contributed by atoms with van der Waals surface area (Å²) in [5.41, 5.74) is 1.25. The third-order valence-electron chi connectivity index (χ3n) is 3.52. The Morgan fingerprint density at radius 3 is 2.60 bits per heavy atom. The van der Waals surface area contributed by atoms with E-state index in [1.165, 1.54) is 18.4 Å². The van der Waals surface area contributed by atoms with E-state index in [1.54, 1.807) is 7.11 Å². The lowest BCUT2D eigenvalue weighted by atomic mass is 10.1. The van der Waals surface area contributed by atoms with E-state index in [4.69, 9.17) is 9.47 Å². The van der Waals surface area contributed by atoms with Crippen LogP contribution in [0.5, 0.6) is 5.75 Å². The second-order valence-electron chi connectivity index (χ2n) is 5.34. The van der Waals surface area contributed by atoms with E-state index in [2.05, 4.69) is 17.4 Å². The molecule has 0 amide bonds. The SMILES string of the molecule is COCCc1ccc(OCCC(CO)NC2CC2)cc1. The van der Waals surface area contributed by atoms with Crippen molar-refractivity contribution in [1.29, 1.82) is 0 Å². The lowest BCUT2D eigenvalue weighted by Gasteiger charge is -2.16. The van der Waals surface area contributed by atoms with Gasteiger partial charge in [-0.3, -0.25) is 0 Å². The molecule has 1 unspecified atom stereocenters. The molecule has 0 saturated heterocycles. The third-order valence-corrected chi connectivity index (χ3v) is 3.52. The smallest absolute Gasteiger partial charge is 0.119 e. The molecule has 1 atom stereocenters. The second kappa shape index (κ2) is 8.25. The zero-order valence-corrected chi connectivity index (χ0v) is 12.2. The Bertz CT molecular complexity index is 376. The monoisotopic (exact) mass is 279 g/mol. The summed E-state index contributed by atoms with van der Waals surface area (Å²) in [5.74, 6) is 0.884. The van der Waals surface area contributed by atoms with Crippen molar-refractivity contribution in [3.05, 3.63) is 29.8 Å². The van der Waals surface area contributed by atoms with Gasteiger partial charge in [-0.15, -0.1) is 0 Å². The van der Waals surface area contributed by atoms with Gasteiger partial charge in [-0.05, 0) is 43.4 Å². The fourth-order valence-corrected chi connectivity index (χ4v) is 2.10. The van der Waals surface area contributed by atoms with Crippen molar-refractivity contribution >= 4 is 0 Å². The Labute approximate surface area is 121 Å². The van der Waals surface area contributed by atoms with Crippen LogP contribution in [-0.2, 0) is 11.2 Å². The van der Waals surface area contributed by atoms with Crippen molar-refractivity contribution in [1.82, 2.24) is 5.32 Å². The molecule has 4 nitrogen and oxygen atoms in total. The van der Waals surface area contributed by atoms with Crippen molar-refractivity contribution in [3.8, 4) is 5.75 Å². The number of rotatable bonds is 10. The summed E-state index contributed by atoms with van der Waals surface area (Å²) in [4.78, 5) is 0. The van der Waals surface area contributed by atoms with Crippen LogP contribution in [0.2, 0.25) is 0 Å². The highest BCUT2D eigenvalue weighted by atomic mass is 16.5. The standard InChI is InChI=1S/C16H25NO3/c1-19-10-8-13-2-6-16(7-3-13)20-11-9-15(12-18)17-14-4-5-14/h2-3,6-7,14-15,17-18H,4-5,8-12H2,1H3. The highest BCUT2D eigenvalue weighted by Gasteiger charge is 2.23. The number of methoxy groups -OCH3 is 1. The maximum Gasteiger partial charge on any atom is 0.119 e. The van der Waals surface area contributed by atoms with E-state index in [0.29, 0.717) is 12.6 Å². The summed E-state index contributed by atoms with van der Waals surface area (Å²) < 4.78 is 10.8. The summed E-state index contributed by atoms with van der Waals surface area (Å²) >= 11 is 0. The first-order chi connectivity index (χ1) is 9.81. The molecule has 1 aliphatic carbocycles. The molecule has 0 aliphatic heterocycles. The van der Waals surface area contributed by atoms with Gasteiger partial charge in [0.25, 0.3) is 0 Å². The third kappa shape index (κ3) is 5.49. The minimum atomic E-state index is 0.156. The second-order valence-corrected chi connectivity index (χ2v) is 5.34. The van der Waals surface area contributed by atoms with Gasteiger partial charge >= 0.3 is 0 Å². The van der Waals surface area contributed by atoms with Crippen molar-refractivity contribution < 1.29 is 14.6 Å². The van der Waals surface area contributed by atoms with Crippen LogP contribution in [0.4, 0.5) is 0 Å². The van der Waals surface area contributed by atoms with Crippen LogP contribution in [-0.4, -0.2) is 44.1 Å². The average molecular weight is 279 g/mol. The molecule has 0 spiro atoms. The zero-order chi connectivity index (χ0) is 14.2. The van der Waals surface area contributed by atoms with Crippen molar-refractivity contribution in [2.45, 2.75) is 37.8 Å². The lowest BCUT2D eigenvalue weighted by molar-refractivity contribution is 0.202. The molecule has 4 heteroatoms. The predicted octanol–water partition coefficient (Wildman–Crippen LogP) is 1.76. The Kier molecular flexibility index (Phi) is 6.30. The van der Waals surface area contributed by atoms with Gasteiger partial charge in [0.15, 0.2) is 0 Å². The van der Waals surface area contributed by atoms with Gasteiger partial charge in [0.05, 0.1) is 19.8 Å². The number of benzene rings is 1. The maximum absolute atomic E-state index is 9.29. The van der Waals surface area contributed by atoms with E-state index in [0.717, 1.165) is 25.2 Å². The lowest BCUT2D eigenvalue weighted by Crippen LogP contribution is -2.35. The Balaban J connectivity index is 1.67. The van der Waals surface area contributed by atoms with Gasteiger partial charge in [0.2, 0.25) is 0 Å². The molecule has 1 aromatic rings. The number of hydrogen-bond acceptors (Lipinski definition) is 4.